The Kier molecular flexibility index (Phi) is 5.75. The first kappa shape index (κ1) is 20.3. The maximum Gasteiger partial charge on any atom is 0.349 e. The third-order valence-electron chi connectivity index (χ3n) is 4.66. The average Bonchev–Trinajstić information content (AvgIpc) is 2.71. The van der Waals surface area contributed by atoms with E-state index in [4.69, 9.17) is 9.05 Å². The highest BCUT2D eigenvalue weighted by Crippen LogP contribution is 2.69. The van der Waals surface area contributed by atoms with Crippen LogP contribution in [0.25, 0.3) is 0 Å². The van der Waals surface area contributed by atoms with Gasteiger partial charge in [-0.25, -0.2) is 13.2 Å². The summed E-state index contributed by atoms with van der Waals surface area (Å²) in [6, 6.07) is 16.0. The number of hydrogen-bond acceptors (Lipinski definition) is 3. The van der Waals surface area contributed by atoms with Crippen molar-refractivity contribution in [3.8, 4) is 0 Å². The average molecular weight is 406 g/mol. The minimum atomic E-state index is -4.05. The molecule has 146 valence electrons. The van der Waals surface area contributed by atoms with Gasteiger partial charge in [-0.2, -0.15) is 0 Å². The van der Waals surface area contributed by atoms with E-state index in [9.17, 15) is 17.7 Å². The van der Waals surface area contributed by atoms with Gasteiger partial charge in [-0.15, -0.1) is 0 Å². The molecule has 0 aliphatic carbocycles. The van der Waals surface area contributed by atoms with Gasteiger partial charge in [0.25, 0.3) is 0 Å². The van der Waals surface area contributed by atoms with E-state index in [0.717, 1.165) is 0 Å². The summed E-state index contributed by atoms with van der Waals surface area (Å²) in [7, 11) is -1.62. The highest BCUT2D eigenvalue weighted by atomic mass is 31.2. The maximum absolute atomic E-state index is 14.2. The molecule has 0 radical (unpaired) electrons. The molecule has 0 heterocycles. The molecule has 3 rings (SSSR count). The monoisotopic (exact) mass is 406 g/mol. The van der Waals surface area contributed by atoms with Crippen molar-refractivity contribution in [3.63, 3.8) is 0 Å². The van der Waals surface area contributed by atoms with Crippen molar-refractivity contribution in [2.24, 2.45) is 0 Å². The smallest absolute Gasteiger partial charge is 0.311 e. The van der Waals surface area contributed by atoms with Crippen LogP contribution in [-0.4, -0.2) is 14.2 Å². The molecule has 7 heteroatoms. The summed E-state index contributed by atoms with van der Waals surface area (Å²) >= 11 is 0. The van der Waals surface area contributed by atoms with Crippen LogP contribution in [0.3, 0.4) is 0 Å². The van der Waals surface area contributed by atoms with E-state index in [1.165, 1.54) is 80.9 Å². The molecule has 0 fully saturated rings. The lowest BCUT2D eigenvalue weighted by Gasteiger charge is -2.39. The number of halogens is 3. The van der Waals surface area contributed by atoms with Crippen LogP contribution in [-0.2, 0) is 18.8 Å². The topological polar surface area (TPSA) is 35.5 Å². The molecule has 3 nitrogen and oxygen atoms in total. The van der Waals surface area contributed by atoms with Gasteiger partial charge in [-0.3, -0.25) is 4.57 Å². The third kappa shape index (κ3) is 3.28. The van der Waals surface area contributed by atoms with E-state index in [0.29, 0.717) is 11.1 Å². The van der Waals surface area contributed by atoms with E-state index in [2.05, 4.69) is 0 Å². The molecule has 28 heavy (non-hydrogen) atoms. The molecule has 0 unspecified atom stereocenters. The van der Waals surface area contributed by atoms with Gasteiger partial charge in [-0.1, -0.05) is 36.4 Å². The summed E-state index contributed by atoms with van der Waals surface area (Å²) < 4.78 is 66.0. The number of benzene rings is 3. The van der Waals surface area contributed by atoms with Crippen molar-refractivity contribution in [1.82, 2.24) is 0 Å². The minimum absolute atomic E-state index is 0.262. The molecule has 0 N–H and O–H groups in total. The van der Waals surface area contributed by atoms with Crippen LogP contribution in [0.15, 0.2) is 72.8 Å². The van der Waals surface area contributed by atoms with Crippen LogP contribution >= 0.6 is 7.60 Å². The Morgan fingerprint density at radius 2 is 1.14 bits per heavy atom. The quantitative estimate of drug-likeness (QED) is 0.379. The minimum Gasteiger partial charge on any atom is -0.311 e. The second kappa shape index (κ2) is 7.92. The van der Waals surface area contributed by atoms with Gasteiger partial charge in [-0.05, 0) is 53.1 Å². The Bertz CT molecular complexity index is 951. The van der Waals surface area contributed by atoms with Gasteiger partial charge >= 0.3 is 7.60 Å². The third-order valence-corrected chi connectivity index (χ3v) is 7.22. The Balaban J connectivity index is 2.49. The molecule has 3 aromatic carbocycles. The van der Waals surface area contributed by atoms with Gasteiger partial charge < -0.3 is 9.05 Å². The summed E-state index contributed by atoms with van der Waals surface area (Å²) in [5.41, 5.74) is 0.953. The zero-order valence-corrected chi connectivity index (χ0v) is 16.1. The molecule has 0 amide bonds. The first-order valence-electron chi connectivity index (χ1n) is 8.37. The van der Waals surface area contributed by atoms with E-state index in [-0.39, 0.29) is 5.56 Å². The van der Waals surface area contributed by atoms with E-state index < -0.39 is 30.2 Å². The van der Waals surface area contributed by atoms with Crippen molar-refractivity contribution in [2.75, 3.05) is 14.2 Å². The highest BCUT2D eigenvalue weighted by Gasteiger charge is 2.54. The van der Waals surface area contributed by atoms with E-state index in [1.54, 1.807) is 6.07 Å². The van der Waals surface area contributed by atoms with Gasteiger partial charge in [0.1, 0.15) is 22.6 Å². The fourth-order valence-corrected chi connectivity index (χ4v) is 5.50. The molecule has 0 atom stereocenters. The van der Waals surface area contributed by atoms with Gasteiger partial charge in [0.15, 0.2) is 0 Å². The normalized spacial score (nSPS) is 12.2. The zero-order valence-electron chi connectivity index (χ0n) is 15.2. The van der Waals surface area contributed by atoms with Gasteiger partial charge in [0.2, 0.25) is 0 Å². The lowest BCUT2D eigenvalue weighted by atomic mass is 9.84. The standard InChI is InChI=1S/C21H18F3O3P/c1-26-28(25,27-2)21(15-6-10-18(22)11-7-15,16-8-12-19(23)13-9-16)17-4-3-5-20(24)14-17/h3-14H,1-2H3. The SMILES string of the molecule is COP(=O)(OC)C(c1ccc(F)cc1)(c1ccc(F)cc1)c1cccc(F)c1. The Morgan fingerprint density at radius 1 is 0.679 bits per heavy atom. The largest absolute Gasteiger partial charge is 0.349 e. The van der Waals surface area contributed by atoms with Crippen molar-refractivity contribution in [2.45, 2.75) is 5.16 Å². The van der Waals surface area contributed by atoms with E-state index >= 15 is 0 Å². The lowest BCUT2D eigenvalue weighted by Crippen LogP contribution is -2.31. The fraction of sp³-hybridized carbons (Fsp3) is 0.143. The second-order valence-corrected chi connectivity index (χ2v) is 8.49. The van der Waals surface area contributed by atoms with Crippen molar-refractivity contribution in [3.05, 3.63) is 107 Å². The fourth-order valence-electron chi connectivity index (χ4n) is 3.42. The Labute approximate surface area is 161 Å². The molecule has 0 spiro atoms. The van der Waals surface area contributed by atoms with Gasteiger partial charge in [0, 0.05) is 14.2 Å². The lowest BCUT2D eigenvalue weighted by molar-refractivity contribution is 0.259. The highest BCUT2D eigenvalue weighted by molar-refractivity contribution is 7.55. The van der Waals surface area contributed by atoms with Crippen LogP contribution in [0.1, 0.15) is 16.7 Å². The Morgan fingerprint density at radius 3 is 1.54 bits per heavy atom. The number of hydrogen-bond donors (Lipinski definition) is 0. The van der Waals surface area contributed by atoms with Crippen molar-refractivity contribution >= 4 is 7.60 Å². The molecular weight excluding hydrogens is 388 g/mol. The predicted octanol–water partition coefficient (Wildman–Crippen LogP) is 5.88. The summed E-state index contributed by atoms with van der Waals surface area (Å²) in [5, 5.41) is -1.65. The summed E-state index contributed by atoms with van der Waals surface area (Å²) in [5.74, 6) is -1.56. The second-order valence-electron chi connectivity index (χ2n) is 6.10. The maximum atomic E-state index is 14.2. The predicted molar refractivity (Wildman–Crippen MR) is 101 cm³/mol. The van der Waals surface area contributed by atoms with Crippen LogP contribution < -0.4 is 0 Å². The van der Waals surface area contributed by atoms with Crippen LogP contribution in [0.5, 0.6) is 0 Å². The van der Waals surface area contributed by atoms with Crippen LogP contribution in [0, 0.1) is 17.5 Å². The summed E-state index contributed by atoms with van der Waals surface area (Å²) in [6.45, 7) is 0. The number of rotatable bonds is 6. The van der Waals surface area contributed by atoms with Gasteiger partial charge in [0.05, 0.1) is 0 Å². The molecule has 0 bridgehead atoms. The summed E-state index contributed by atoms with van der Waals surface area (Å²) in [6.07, 6.45) is 0. The zero-order chi connectivity index (χ0) is 20.4. The van der Waals surface area contributed by atoms with Crippen LogP contribution in [0.4, 0.5) is 13.2 Å². The Hall–Kier alpha value is -2.40. The first-order valence-corrected chi connectivity index (χ1v) is 9.91. The molecule has 3 aromatic rings. The first-order chi connectivity index (χ1) is 13.4. The molecule has 0 saturated carbocycles. The summed E-state index contributed by atoms with van der Waals surface area (Å²) in [4.78, 5) is 0. The van der Waals surface area contributed by atoms with Crippen LogP contribution in [0.2, 0.25) is 0 Å². The molecule has 0 aliphatic rings. The molecule has 0 aromatic heterocycles. The molecule has 0 saturated heterocycles. The molecular formula is C21H18F3O3P. The van der Waals surface area contributed by atoms with E-state index in [1.807, 2.05) is 0 Å². The van der Waals surface area contributed by atoms with Crippen molar-refractivity contribution < 1.29 is 26.8 Å². The van der Waals surface area contributed by atoms with Crippen molar-refractivity contribution in [1.29, 1.82) is 0 Å². The molecule has 0 aliphatic heterocycles.